The molecule has 0 bridgehead atoms. The van der Waals surface area contributed by atoms with E-state index < -0.39 is 5.60 Å². The van der Waals surface area contributed by atoms with Crippen LogP contribution in [0.3, 0.4) is 0 Å². The maximum atomic E-state index is 10.3. The summed E-state index contributed by atoms with van der Waals surface area (Å²) in [5.41, 5.74) is 0.613. The Kier molecular flexibility index (Phi) is 4.59. The van der Waals surface area contributed by atoms with Crippen molar-refractivity contribution in [2.24, 2.45) is 5.92 Å². The van der Waals surface area contributed by atoms with Crippen molar-refractivity contribution in [3.05, 3.63) is 33.4 Å². The summed E-state index contributed by atoms with van der Waals surface area (Å²) in [6.07, 6.45) is 1.75. The van der Waals surface area contributed by atoms with Crippen molar-refractivity contribution < 1.29 is 5.11 Å². The minimum absolute atomic E-state index is 0.330. The van der Waals surface area contributed by atoms with E-state index in [2.05, 4.69) is 60.7 Å². The van der Waals surface area contributed by atoms with Crippen LogP contribution in [-0.4, -0.2) is 10.7 Å². The Morgan fingerprint density at radius 3 is 2.33 bits per heavy atom. The summed E-state index contributed by atoms with van der Waals surface area (Å²) < 4.78 is 1.24. The number of aliphatic hydroxyl groups is 1. The number of hydrogen-bond donors (Lipinski definition) is 1. The molecule has 0 spiro atoms. The molecule has 0 aromatic heterocycles. The molecular weight excluding hydrogens is 299 g/mol. The number of rotatable bonds is 4. The van der Waals surface area contributed by atoms with E-state index in [1.54, 1.807) is 0 Å². The Morgan fingerprint density at radius 2 is 1.87 bits per heavy atom. The lowest BCUT2D eigenvalue weighted by Crippen LogP contribution is -2.34. The van der Waals surface area contributed by atoms with Gasteiger partial charge in [-0.25, -0.2) is 0 Å². The third kappa shape index (κ3) is 3.76. The van der Waals surface area contributed by atoms with Crippen LogP contribution < -0.4 is 0 Å². The second-order valence-electron chi connectivity index (χ2n) is 4.47. The van der Waals surface area contributed by atoms with Crippen LogP contribution in [0.15, 0.2) is 24.3 Å². The zero-order valence-electron chi connectivity index (χ0n) is 9.63. The van der Waals surface area contributed by atoms with Crippen molar-refractivity contribution in [2.75, 3.05) is 0 Å². The molecule has 1 N–H and O–H groups in total. The molecule has 0 amide bonds. The average Bonchev–Trinajstić information content (AvgIpc) is 2.20. The predicted octanol–water partition coefficient (Wildman–Crippen LogP) is 3.63. The Labute approximate surface area is 106 Å². The smallest absolute Gasteiger partial charge is 0.0685 e. The van der Waals surface area contributed by atoms with E-state index >= 15 is 0 Å². The monoisotopic (exact) mass is 318 g/mol. The molecule has 0 radical (unpaired) electrons. The minimum Gasteiger partial charge on any atom is -0.390 e. The van der Waals surface area contributed by atoms with Crippen LogP contribution in [-0.2, 0) is 6.42 Å². The first kappa shape index (κ1) is 13.0. The van der Waals surface area contributed by atoms with E-state index in [1.807, 2.05) is 6.92 Å². The molecule has 0 heterocycles. The lowest BCUT2D eigenvalue weighted by Gasteiger charge is -2.29. The van der Waals surface area contributed by atoms with E-state index in [0.717, 1.165) is 12.8 Å². The Bertz CT molecular complexity index is 303. The van der Waals surface area contributed by atoms with Gasteiger partial charge in [-0.2, -0.15) is 0 Å². The van der Waals surface area contributed by atoms with Gasteiger partial charge in [-0.05, 0) is 53.1 Å². The van der Waals surface area contributed by atoms with Crippen molar-refractivity contribution in [1.82, 2.24) is 0 Å². The Morgan fingerprint density at radius 1 is 1.33 bits per heavy atom. The molecule has 1 rings (SSSR count). The molecule has 2 atom stereocenters. The molecule has 15 heavy (non-hydrogen) atoms. The highest BCUT2D eigenvalue weighted by Crippen LogP contribution is 2.24. The normalized spacial score (nSPS) is 17.1. The second kappa shape index (κ2) is 5.30. The summed E-state index contributed by atoms with van der Waals surface area (Å²) in [5.74, 6) is 0.330. The van der Waals surface area contributed by atoms with E-state index in [0.29, 0.717) is 5.92 Å². The third-order valence-corrected chi connectivity index (χ3v) is 3.87. The van der Waals surface area contributed by atoms with Crippen molar-refractivity contribution in [3.8, 4) is 0 Å². The van der Waals surface area contributed by atoms with Gasteiger partial charge in [-0.15, -0.1) is 0 Å². The summed E-state index contributed by atoms with van der Waals surface area (Å²) in [7, 11) is 0. The molecule has 1 aromatic rings. The Hall–Kier alpha value is -0.0900. The topological polar surface area (TPSA) is 20.2 Å². The molecule has 0 saturated carbocycles. The van der Waals surface area contributed by atoms with Crippen molar-refractivity contribution >= 4 is 22.6 Å². The van der Waals surface area contributed by atoms with Gasteiger partial charge < -0.3 is 5.11 Å². The van der Waals surface area contributed by atoms with Crippen molar-refractivity contribution in [3.63, 3.8) is 0 Å². The summed E-state index contributed by atoms with van der Waals surface area (Å²) in [5, 5.41) is 10.3. The molecule has 84 valence electrons. The summed E-state index contributed by atoms with van der Waals surface area (Å²) in [6.45, 7) is 6.15. The van der Waals surface area contributed by atoms with Gasteiger partial charge in [-0.3, -0.25) is 0 Å². The van der Waals surface area contributed by atoms with Gasteiger partial charge in [0, 0.05) is 9.99 Å². The van der Waals surface area contributed by atoms with Gasteiger partial charge in [-0.1, -0.05) is 32.4 Å². The fourth-order valence-electron chi connectivity index (χ4n) is 1.63. The number of benzene rings is 1. The molecule has 0 aliphatic heterocycles. The zero-order chi connectivity index (χ0) is 11.5. The van der Waals surface area contributed by atoms with Gasteiger partial charge in [0.1, 0.15) is 0 Å². The van der Waals surface area contributed by atoms with Gasteiger partial charge in [0.2, 0.25) is 0 Å². The zero-order valence-corrected chi connectivity index (χ0v) is 11.8. The molecule has 2 heteroatoms. The maximum Gasteiger partial charge on any atom is 0.0685 e. The van der Waals surface area contributed by atoms with Gasteiger partial charge in [0.25, 0.3) is 0 Å². The lowest BCUT2D eigenvalue weighted by atomic mass is 9.83. The van der Waals surface area contributed by atoms with Crippen molar-refractivity contribution in [2.45, 2.75) is 39.2 Å². The quantitative estimate of drug-likeness (QED) is 0.841. The number of halogens is 1. The van der Waals surface area contributed by atoms with Crippen LogP contribution >= 0.6 is 22.6 Å². The molecule has 0 aliphatic carbocycles. The highest BCUT2D eigenvalue weighted by molar-refractivity contribution is 14.1. The fraction of sp³-hybridized carbons (Fsp3) is 0.538. The summed E-state index contributed by atoms with van der Waals surface area (Å²) in [4.78, 5) is 0. The van der Waals surface area contributed by atoms with Crippen LogP contribution in [0.25, 0.3) is 0 Å². The standard InChI is InChI=1S/C13H19IO/c1-4-10(2)13(3,15)9-11-5-7-12(14)8-6-11/h5-8,10,15H,4,9H2,1-3H3. The minimum atomic E-state index is -0.596. The van der Waals surface area contributed by atoms with Crippen LogP contribution in [0.4, 0.5) is 0 Å². The molecule has 0 saturated heterocycles. The summed E-state index contributed by atoms with van der Waals surface area (Å²) >= 11 is 2.29. The number of hydrogen-bond acceptors (Lipinski definition) is 1. The van der Waals surface area contributed by atoms with Crippen LogP contribution in [0, 0.1) is 9.49 Å². The molecule has 1 nitrogen and oxygen atoms in total. The van der Waals surface area contributed by atoms with E-state index in [-0.39, 0.29) is 0 Å². The largest absolute Gasteiger partial charge is 0.390 e. The molecular formula is C13H19IO. The van der Waals surface area contributed by atoms with Crippen molar-refractivity contribution in [1.29, 1.82) is 0 Å². The first-order chi connectivity index (χ1) is 6.95. The van der Waals surface area contributed by atoms with Gasteiger partial charge >= 0.3 is 0 Å². The Balaban J connectivity index is 2.72. The lowest BCUT2D eigenvalue weighted by molar-refractivity contribution is 0.00517. The predicted molar refractivity (Wildman–Crippen MR) is 72.9 cm³/mol. The van der Waals surface area contributed by atoms with Crippen LogP contribution in [0.5, 0.6) is 0 Å². The molecule has 2 unspecified atom stereocenters. The first-order valence-corrected chi connectivity index (χ1v) is 6.50. The second-order valence-corrected chi connectivity index (χ2v) is 5.72. The van der Waals surface area contributed by atoms with E-state index in [1.165, 1.54) is 9.13 Å². The van der Waals surface area contributed by atoms with Crippen LogP contribution in [0.2, 0.25) is 0 Å². The summed E-state index contributed by atoms with van der Waals surface area (Å²) in [6, 6.07) is 8.36. The maximum absolute atomic E-state index is 10.3. The highest BCUT2D eigenvalue weighted by Gasteiger charge is 2.26. The first-order valence-electron chi connectivity index (χ1n) is 5.42. The van der Waals surface area contributed by atoms with E-state index in [4.69, 9.17) is 0 Å². The molecule has 0 aliphatic rings. The third-order valence-electron chi connectivity index (χ3n) is 3.15. The molecule has 0 fully saturated rings. The molecule has 1 aromatic carbocycles. The van der Waals surface area contributed by atoms with Crippen LogP contribution in [0.1, 0.15) is 32.8 Å². The van der Waals surface area contributed by atoms with E-state index in [9.17, 15) is 5.11 Å². The SMILES string of the molecule is CCC(C)C(C)(O)Cc1ccc(I)cc1. The van der Waals surface area contributed by atoms with Gasteiger partial charge in [0.15, 0.2) is 0 Å². The highest BCUT2D eigenvalue weighted by atomic mass is 127. The average molecular weight is 318 g/mol. The van der Waals surface area contributed by atoms with Gasteiger partial charge in [0.05, 0.1) is 5.60 Å². The fourth-order valence-corrected chi connectivity index (χ4v) is 1.99.